The van der Waals surface area contributed by atoms with Crippen molar-refractivity contribution < 1.29 is 36.3 Å². The third kappa shape index (κ3) is 15.3. The van der Waals surface area contributed by atoms with E-state index in [0.29, 0.717) is 18.5 Å². The number of ketones is 1. The summed E-state index contributed by atoms with van der Waals surface area (Å²) in [4.78, 5) is 27.0. The average Bonchev–Trinajstić information content (AvgIpc) is 3.12. The number of aromatic hydroxyl groups is 1. The molecule has 11 nitrogen and oxygen atoms in total. The Hall–Kier alpha value is -3.81. The van der Waals surface area contributed by atoms with Gasteiger partial charge >= 0.3 is 5.06 Å². The Labute approximate surface area is 333 Å². The number of unbranched alkanes of at least 4 members (excludes halogenated alkanes) is 13. The number of para-hydroxylation sites is 1. The molecular formula is C41H58ClN3O8S2. The molecule has 0 aliphatic rings. The summed E-state index contributed by atoms with van der Waals surface area (Å²) in [5.41, 5.74) is -1.15. The lowest BCUT2D eigenvalue weighted by Gasteiger charge is -2.31. The van der Waals surface area contributed by atoms with Gasteiger partial charge < -0.3 is 15.2 Å². The monoisotopic (exact) mass is 819 g/mol. The van der Waals surface area contributed by atoms with E-state index in [1.807, 2.05) is 0 Å². The molecule has 1 unspecified atom stereocenters. The van der Waals surface area contributed by atoms with Crippen molar-refractivity contribution >= 4 is 60.4 Å². The number of benzene rings is 3. The van der Waals surface area contributed by atoms with Crippen LogP contribution in [0.5, 0.6) is 11.5 Å². The molecule has 3 aromatic rings. The number of ether oxygens (including phenoxy) is 1. The van der Waals surface area contributed by atoms with Crippen LogP contribution >= 0.6 is 11.6 Å². The standard InChI is InChI=1S/C41H58ClN3O8S2/c1-5-6-7-8-9-10-11-12-13-14-15-16-17-21-30-54(49,50)44-37-31-34(26-29-36(37)45-55(51,52)35-27-24-33(46)25-28-35)53-41(42,38(47)40(2,3)4)39(48)43-32-22-19-18-20-23-32/h18-20,22-29,31,44-46H,5-17,21,30H2,1-4H3,(H,43,48). The summed E-state index contributed by atoms with van der Waals surface area (Å²) in [6.45, 7) is 6.94. The van der Waals surface area contributed by atoms with Crippen LogP contribution in [0.1, 0.15) is 118 Å². The summed E-state index contributed by atoms with van der Waals surface area (Å²) in [6, 6.07) is 16.8. The van der Waals surface area contributed by atoms with E-state index < -0.39 is 42.2 Å². The van der Waals surface area contributed by atoms with Crippen molar-refractivity contribution in [2.75, 3.05) is 20.5 Å². The van der Waals surface area contributed by atoms with Gasteiger partial charge in [0.15, 0.2) is 0 Å². The topological polar surface area (TPSA) is 168 Å². The fourth-order valence-corrected chi connectivity index (χ4v) is 8.56. The number of phenolic OH excluding ortho intramolecular Hbond substituents is 1. The molecule has 3 rings (SSSR count). The zero-order valence-electron chi connectivity index (χ0n) is 32.5. The minimum atomic E-state index is -4.26. The summed E-state index contributed by atoms with van der Waals surface area (Å²) in [7, 11) is -8.27. The maximum absolute atomic E-state index is 13.6. The van der Waals surface area contributed by atoms with E-state index in [9.17, 15) is 31.5 Å². The third-order valence-electron chi connectivity index (χ3n) is 8.97. The number of Topliss-reactive ketones (excluding diaryl/α,β-unsaturated/α-hetero) is 1. The van der Waals surface area contributed by atoms with Crippen LogP contribution in [-0.2, 0) is 29.6 Å². The number of alkyl halides is 1. The van der Waals surface area contributed by atoms with Crippen molar-refractivity contribution in [1.82, 2.24) is 0 Å². The molecule has 0 spiro atoms. The van der Waals surface area contributed by atoms with Gasteiger partial charge in [-0.3, -0.25) is 19.0 Å². The number of amides is 1. The van der Waals surface area contributed by atoms with Gasteiger partial charge in [0.05, 0.1) is 22.0 Å². The largest absolute Gasteiger partial charge is 0.508 e. The molecule has 0 aliphatic carbocycles. The number of rotatable bonds is 25. The molecule has 0 bridgehead atoms. The summed E-state index contributed by atoms with van der Waals surface area (Å²) in [6.07, 6.45) is 15.6. The number of anilines is 3. The zero-order chi connectivity index (χ0) is 40.5. The van der Waals surface area contributed by atoms with Crippen molar-refractivity contribution in [3.05, 3.63) is 72.8 Å². The van der Waals surface area contributed by atoms with Gasteiger partial charge in [0.1, 0.15) is 11.5 Å². The van der Waals surface area contributed by atoms with Crippen molar-refractivity contribution in [2.45, 2.75) is 128 Å². The number of halogens is 1. The quantitative estimate of drug-likeness (QED) is 0.0372. The van der Waals surface area contributed by atoms with Crippen molar-refractivity contribution in [3.63, 3.8) is 0 Å². The number of phenols is 1. The Balaban J connectivity index is 1.75. The second-order valence-corrected chi connectivity index (χ2v) is 19.0. The highest BCUT2D eigenvalue weighted by Crippen LogP contribution is 2.36. The molecular weight excluding hydrogens is 762 g/mol. The summed E-state index contributed by atoms with van der Waals surface area (Å²) < 4.78 is 64.2. The van der Waals surface area contributed by atoms with E-state index in [2.05, 4.69) is 21.7 Å². The zero-order valence-corrected chi connectivity index (χ0v) is 34.9. The summed E-state index contributed by atoms with van der Waals surface area (Å²) >= 11 is 6.75. The molecule has 0 aliphatic heterocycles. The van der Waals surface area contributed by atoms with Gasteiger partial charge in [-0.1, -0.05) is 141 Å². The molecule has 4 N–H and O–H groups in total. The lowest BCUT2D eigenvalue weighted by atomic mass is 9.86. The fourth-order valence-electron chi connectivity index (χ4n) is 5.87. The Morgan fingerprint density at radius 3 is 1.75 bits per heavy atom. The van der Waals surface area contributed by atoms with Gasteiger partial charge in [-0.05, 0) is 55.0 Å². The van der Waals surface area contributed by atoms with Gasteiger partial charge in [0, 0.05) is 17.2 Å². The van der Waals surface area contributed by atoms with Crippen LogP contribution in [0.3, 0.4) is 0 Å². The van der Waals surface area contributed by atoms with E-state index in [-0.39, 0.29) is 33.5 Å². The lowest BCUT2D eigenvalue weighted by Crippen LogP contribution is -2.54. The number of hydrogen-bond acceptors (Lipinski definition) is 8. The van der Waals surface area contributed by atoms with Crippen molar-refractivity contribution in [3.8, 4) is 11.5 Å². The maximum Gasteiger partial charge on any atom is 0.320 e. The van der Waals surface area contributed by atoms with E-state index in [4.69, 9.17) is 16.3 Å². The first kappa shape index (κ1) is 45.6. The molecule has 0 saturated heterocycles. The van der Waals surface area contributed by atoms with Crippen LogP contribution in [0.15, 0.2) is 77.7 Å². The van der Waals surface area contributed by atoms with Crippen LogP contribution in [0.4, 0.5) is 17.1 Å². The van der Waals surface area contributed by atoms with Gasteiger partial charge in [0.2, 0.25) is 15.8 Å². The molecule has 0 fully saturated rings. The van der Waals surface area contributed by atoms with Crippen molar-refractivity contribution in [2.24, 2.45) is 5.41 Å². The molecule has 304 valence electrons. The minimum Gasteiger partial charge on any atom is -0.508 e. The molecule has 1 atom stereocenters. The molecule has 0 aromatic heterocycles. The van der Waals surface area contributed by atoms with Gasteiger partial charge in [-0.25, -0.2) is 16.8 Å². The molecule has 0 saturated carbocycles. The van der Waals surface area contributed by atoms with Gasteiger partial charge in [-0.15, -0.1) is 0 Å². The smallest absolute Gasteiger partial charge is 0.320 e. The number of nitrogens with one attached hydrogen (secondary N) is 3. The molecule has 3 aromatic carbocycles. The average molecular weight is 821 g/mol. The molecule has 14 heteroatoms. The highest BCUT2D eigenvalue weighted by Gasteiger charge is 2.51. The highest BCUT2D eigenvalue weighted by atomic mass is 35.5. The van der Waals surface area contributed by atoms with Crippen LogP contribution in [0, 0.1) is 5.41 Å². The van der Waals surface area contributed by atoms with Crippen LogP contribution in [0.2, 0.25) is 0 Å². The molecule has 55 heavy (non-hydrogen) atoms. The van der Waals surface area contributed by atoms with Gasteiger partial charge in [0.25, 0.3) is 15.9 Å². The van der Waals surface area contributed by atoms with Crippen LogP contribution < -0.4 is 19.5 Å². The first-order valence-electron chi connectivity index (χ1n) is 19.2. The predicted molar refractivity (Wildman–Crippen MR) is 222 cm³/mol. The summed E-state index contributed by atoms with van der Waals surface area (Å²) in [5, 5.41) is 9.65. The second-order valence-electron chi connectivity index (χ2n) is 14.9. The van der Waals surface area contributed by atoms with E-state index in [1.54, 1.807) is 51.1 Å². The van der Waals surface area contributed by atoms with E-state index >= 15 is 0 Å². The second kappa shape index (κ2) is 21.5. The van der Waals surface area contributed by atoms with E-state index in [0.717, 1.165) is 19.3 Å². The molecule has 0 radical (unpaired) electrons. The predicted octanol–water partition coefficient (Wildman–Crippen LogP) is 9.98. The Bertz CT molecular complexity index is 1880. The lowest BCUT2D eigenvalue weighted by molar-refractivity contribution is -0.144. The highest BCUT2D eigenvalue weighted by molar-refractivity contribution is 7.93. The minimum absolute atomic E-state index is 0.136. The Morgan fingerprint density at radius 1 is 0.691 bits per heavy atom. The summed E-state index contributed by atoms with van der Waals surface area (Å²) in [5.74, 6) is -2.29. The first-order chi connectivity index (χ1) is 26.0. The molecule has 0 heterocycles. The van der Waals surface area contributed by atoms with Crippen LogP contribution in [-0.4, -0.2) is 44.4 Å². The number of sulfonamides is 2. The van der Waals surface area contributed by atoms with Crippen LogP contribution in [0.25, 0.3) is 0 Å². The number of carbonyl (C=O) groups is 2. The Morgan fingerprint density at radius 2 is 1.22 bits per heavy atom. The first-order valence-corrected chi connectivity index (χ1v) is 22.7. The van der Waals surface area contributed by atoms with Crippen molar-refractivity contribution in [1.29, 1.82) is 0 Å². The Kier molecular flexibility index (Phi) is 17.8. The number of carbonyl (C=O) groups excluding carboxylic acids is 2. The number of hydrogen-bond donors (Lipinski definition) is 4. The fraction of sp³-hybridized carbons (Fsp3) is 0.512. The maximum atomic E-state index is 13.6. The SMILES string of the molecule is CCCCCCCCCCCCCCCCS(=O)(=O)Nc1cc(OC(Cl)(C(=O)Nc2ccccc2)C(=O)C(C)(C)C)ccc1NS(=O)(=O)c1ccc(O)cc1. The molecule has 1 amide bonds. The van der Waals surface area contributed by atoms with E-state index in [1.165, 1.54) is 100 Å². The normalized spacial score (nSPS) is 13.1. The third-order valence-corrected chi connectivity index (χ3v) is 12.1. The van der Waals surface area contributed by atoms with Gasteiger partial charge in [-0.2, -0.15) is 0 Å².